The van der Waals surface area contributed by atoms with Crippen LogP contribution >= 0.6 is 11.3 Å². The average Bonchev–Trinajstić information content (AvgIpc) is 3.12. The summed E-state index contributed by atoms with van der Waals surface area (Å²) in [7, 11) is 0. The molecule has 3 nitrogen and oxygen atoms in total. The van der Waals surface area contributed by atoms with Gasteiger partial charge in [0.2, 0.25) is 5.91 Å². The third kappa shape index (κ3) is 3.49. The molecule has 0 saturated carbocycles. The number of rotatable bonds is 7. The van der Waals surface area contributed by atoms with Gasteiger partial charge in [0.05, 0.1) is 6.04 Å². The van der Waals surface area contributed by atoms with E-state index in [1.54, 1.807) is 11.3 Å². The van der Waals surface area contributed by atoms with Crippen LogP contribution in [0.1, 0.15) is 58.7 Å². The van der Waals surface area contributed by atoms with Gasteiger partial charge in [-0.2, -0.15) is 11.3 Å². The zero-order valence-electron chi connectivity index (χ0n) is 13.6. The predicted octanol–water partition coefficient (Wildman–Crippen LogP) is 4.03. The molecule has 1 saturated heterocycles. The Bertz CT molecular complexity index is 442. The van der Waals surface area contributed by atoms with Crippen LogP contribution in [0.3, 0.4) is 0 Å². The smallest absolute Gasteiger partial charge is 0.241 e. The van der Waals surface area contributed by atoms with Crippen LogP contribution in [-0.2, 0) is 4.79 Å². The third-order valence-electron chi connectivity index (χ3n) is 4.88. The van der Waals surface area contributed by atoms with Gasteiger partial charge in [-0.15, -0.1) is 0 Å². The van der Waals surface area contributed by atoms with Crippen LogP contribution in [0.5, 0.6) is 0 Å². The second-order valence-corrected chi connectivity index (χ2v) is 6.94. The molecule has 1 fully saturated rings. The Balaban J connectivity index is 2.21. The maximum absolute atomic E-state index is 12.8. The number of carbonyl (C=O) groups is 1. The summed E-state index contributed by atoms with van der Waals surface area (Å²) >= 11 is 1.70. The first-order valence-corrected chi connectivity index (χ1v) is 9.15. The van der Waals surface area contributed by atoms with Crippen LogP contribution in [0.25, 0.3) is 0 Å². The molecule has 3 atom stereocenters. The number of thiophene rings is 1. The first-order chi connectivity index (χ1) is 10.1. The van der Waals surface area contributed by atoms with Gasteiger partial charge in [-0.3, -0.25) is 10.1 Å². The Morgan fingerprint density at radius 1 is 1.29 bits per heavy atom. The quantitative estimate of drug-likeness (QED) is 0.825. The molecule has 0 bridgehead atoms. The van der Waals surface area contributed by atoms with Gasteiger partial charge >= 0.3 is 0 Å². The lowest BCUT2D eigenvalue weighted by atomic mass is 9.98. The van der Waals surface area contributed by atoms with Crippen molar-refractivity contribution in [1.82, 2.24) is 10.2 Å². The standard InChI is InChI=1S/C17H28N2OS/c1-5-12(4)15-17(20)19(10-13(6-2)7-3)16(18-15)14-8-9-21-11-14/h8-9,11-13,15-16,18H,5-7,10H2,1-4H3. The number of nitrogens with one attached hydrogen (secondary N) is 1. The fourth-order valence-electron chi connectivity index (χ4n) is 3.01. The summed E-state index contributed by atoms with van der Waals surface area (Å²) in [5.41, 5.74) is 1.23. The molecule has 2 heterocycles. The zero-order chi connectivity index (χ0) is 15.4. The summed E-state index contributed by atoms with van der Waals surface area (Å²) in [6.07, 6.45) is 3.34. The molecule has 1 aliphatic rings. The van der Waals surface area contributed by atoms with E-state index < -0.39 is 0 Å². The molecular weight excluding hydrogens is 280 g/mol. The van der Waals surface area contributed by atoms with E-state index in [9.17, 15) is 4.79 Å². The van der Waals surface area contributed by atoms with E-state index in [1.165, 1.54) is 5.56 Å². The molecule has 1 amide bonds. The summed E-state index contributed by atoms with van der Waals surface area (Å²) in [5, 5.41) is 7.83. The SMILES string of the molecule is CCC(CC)CN1C(=O)C(C(C)CC)NC1c1ccsc1. The maximum Gasteiger partial charge on any atom is 0.241 e. The molecule has 4 heteroatoms. The fraction of sp³-hybridized carbons (Fsp3) is 0.706. The molecule has 1 aromatic rings. The van der Waals surface area contributed by atoms with E-state index in [1.807, 2.05) is 0 Å². The van der Waals surface area contributed by atoms with Crippen molar-refractivity contribution in [2.75, 3.05) is 6.54 Å². The number of amides is 1. The van der Waals surface area contributed by atoms with Crippen molar-refractivity contribution in [1.29, 1.82) is 0 Å². The second-order valence-electron chi connectivity index (χ2n) is 6.16. The Morgan fingerprint density at radius 3 is 2.52 bits per heavy atom. The normalized spacial score (nSPS) is 24.0. The van der Waals surface area contributed by atoms with Crippen molar-refractivity contribution in [3.8, 4) is 0 Å². The Hall–Kier alpha value is -0.870. The molecule has 0 aromatic carbocycles. The molecule has 118 valence electrons. The minimum Gasteiger partial charge on any atom is -0.321 e. The summed E-state index contributed by atoms with van der Waals surface area (Å²) < 4.78 is 0. The van der Waals surface area contributed by atoms with Crippen molar-refractivity contribution in [2.45, 2.75) is 59.2 Å². The highest BCUT2D eigenvalue weighted by molar-refractivity contribution is 7.07. The predicted molar refractivity (Wildman–Crippen MR) is 89.2 cm³/mol. The molecule has 0 radical (unpaired) electrons. The molecule has 1 N–H and O–H groups in total. The van der Waals surface area contributed by atoms with Crippen molar-refractivity contribution in [3.05, 3.63) is 22.4 Å². The topological polar surface area (TPSA) is 32.3 Å². The number of nitrogens with zero attached hydrogens (tertiary/aromatic N) is 1. The molecule has 3 unspecified atom stereocenters. The zero-order valence-corrected chi connectivity index (χ0v) is 14.5. The Labute approximate surface area is 132 Å². The van der Waals surface area contributed by atoms with Gasteiger partial charge in [0, 0.05) is 6.54 Å². The van der Waals surface area contributed by atoms with Gasteiger partial charge in [0.15, 0.2) is 0 Å². The highest BCUT2D eigenvalue weighted by atomic mass is 32.1. The van der Waals surface area contributed by atoms with Crippen LogP contribution in [-0.4, -0.2) is 23.4 Å². The molecular formula is C17H28N2OS. The van der Waals surface area contributed by atoms with Crippen LogP contribution in [0.2, 0.25) is 0 Å². The Kier molecular flexibility index (Phi) is 5.82. The van der Waals surface area contributed by atoms with Crippen LogP contribution in [0.15, 0.2) is 16.8 Å². The van der Waals surface area contributed by atoms with E-state index in [2.05, 4.69) is 54.7 Å². The minimum atomic E-state index is -0.0331. The van der Waals surface area contributed by atoms with E-state index in [0.717, 1.165) is 25.8 Å². The van der Waals surface area contributed by atoms with Gasteiger partial charge in [-0.25, -0.2) is 0 Å². The molecule has 2 rings (SSSR count). The second kappa shape index (κ2) is 7.41. The molecule has 1 aliphatic heterocycles. The number of hydrogen-bond acceptors (Lipinski definition) is 3. The minimum absolute atomic E-state index is 0.0331. The summed E-state index contributed by atoms with van der Waals surface area (Å²) in [4.78, 5) is 14.9. The third-order valence-corrected chi connectivity index (χ3v) is 5.58. The summed E-state index contributed by atoms with van der Waals surface area (Å²) in [5.74, 6) is 1.25. The van der Waals surface area contributed by atoms with E-state index >= 15 is 0 Å². The van der Waals surface area contributed by atoms with Gasteiger partial charge in [-0.05, 0) is 34.2 Å². The molecule has 0 spiro atoms. The highest BCUT2D eigenvalue weighted by Crippen LogP contribution is 2.31. The first-order valence-electron chi connectivity index (χ1n) is 8.20. The highest BCUT2D eigenvalue weighted by Gasteiger charge is 2.42. The van der Waals surface area contributed by atoms with Gasteiger partial charge in [0.1, 0.15) is 6.17 Å². The van der Waals surface area contributed by atoms with Crippen LogP contribution < -0.4 is 5.32 Å². The number of hydrogen-bond donors (Lipinski definition) is 1. The lowest BCUT2D eigenvalue weighted by molar-refractivity contribution is -0.131. The van der Waals surface area contributed by atoms with Gasteiger partial charge in [0.25, 0.3) is 0 Å². The lowest BCUT2D eigenvalue weighted by Crippen LogP contribution is -2.37. The van der Waals surface area contributed by atoms with Crippen molar-refractivity contribution in [2.24, 2.45) is 11.8 Å². The maximum atomic E-state index is 12.8. The first kappa shape index (κ1) is 16.5. The fourth-order valence-corrected chi connectivity index (χ4v) is 3.69. The van der Waals surface area contributed by atoms with Crippen molar-refractivity contribution in [3.63, 3.8) is 0 Å². The summed E-state index contributed by atoms with van der Waals surface area (Å²) in [6.45, 7) is 9.62. The van der Waals surface area contributed by atoms with E-state index in [-0.39, 0.29) is 18.1 Å². The van der Waals surface area contributed by atoms with Crippen molar-refractivity contribution < 1.29 is 4.79 Å². The largest absolute Gasteiger partial charge is 0.321 e. The summed E-state index contributed by atoms with van der Waals surface area (Å²) in [6, 6.07) is 2.10. The van der Waals surface area contributed by atoms with Crippen molar-refractivity contribution >= 4 is 17.2 Å². The van der Waals surface area contributed by atoms with Crippen LogP contribution in [0, 0.1) is 11.8 Å². The molecule has 0 aliphatic carbocycles. The van der Waals surface area contributed by atoms with E-state index in [4.69, 9.17) is 0 Å². The van der Waals surface area contributed by atoms with Gasteiger partial charge in [-0.1, -0.05) is 47.0 Å². The van der Waals surface area contributed by atoms with Gasteiger partial charge < -0.3 is 4.90 Å². The lowest BCUT2D eigenvalue weighted by Gasteiger charge is -2.27. The average molecular weight is 308 g/mol. The number of carbonyl (C=O) groups excluding carboxylic acids is 1. The molecule has 21 heavy (non-hydrogen) atoms. The monoisotopic (exact) mass is 308 g/mol. The Morgan fingerprint density at radius 2 is 2.00 bits per heavy atom. The van der Waals surface area contributed by atoms with E-state index in [0.29, 0.717) is 11.8 Å². The molecule has 1 aromatic heterocycles. The van der Waals surface area contributed by atoms with Crippen LogP contribution in [0.4, 0.5) is 0 Å².